The zero-order valence-electron chi connectivity index (χ0n) is 7.45. The molecule has 0 amide bonds. The number of hydrogen-bond acceptors (Lipinski definition) is 2. The van der Waals surface area contributed by atoms with Crippen LogP contribution in [0, 0.1) is 5.92 Å². The first-order chi connectivity index (χ1) is 5.75. The van der Waals surface area contributed by atoms with Gasteiger partial charge in [-0.15, -0.1) is 0 Å². The van der Waals surface area contributed by atoms with Crippen LogP contribution in [0.1, 0.15) is 25.0 Å². The van der Waals surface area contributed by atoms with Gasteiger partial charge in [-0.25, -0.2) is 0 Å². The molecule has 3 heteroatoms. The predicted octanol–water partition coefficient (Wildman–Crippen LogP) is 1.34. The van der Waals surface area contributed by atoms with E-state index in [0.29, 0.717) is 0 Å². The van der Waals surface area contributed by atoms with E-state index in [1.807, 2.05) is 13.1 Å². The summed E-state index contributed by atoms with van der Waals surface area (Å²) in [6.45, 7) is 0. The lowest BCUT2D eigenvalue weighted by atomic mass is 9.82. The number of rotatable bonds is 2. The first-order valence-electron chi connectivity index (χ1n) is 4.54. The zero-order chi connectivity index (χ0) is 8.55. The lowest BCUT2D eigenvalue weighted by molar-refractivity contribution is 0.311. The monoisotopic (exact) mass is 165 g/mol. The molecule has 1 saturated carbocycles. The van der Waals surface area contributed by atoms with E-state index in [1.54, 1.807) is 4.68 Å². The second-order valence-corrected chi connectivity index (χ2v) is 3.69. The van der Waals surface area contributed by atoms with E-state index in [-0.39, 0.29) is 0 Å². The van der Waals surface area contributed by atoms with E-state index < -0.39 is 0 Å². The van der Waals surface area contributed by atoms with Gasteiger partial charge in [0.1, 0.15) is 5.82 Å². The van der Waals surface area contributed by atoms with Crippen molar-refractivity contribution in [2.75, 3.05) is 5.73 Å². The highest BCUT2D eigenvalue weighted by Gasteiger charge is 2.18. The maximum Gasteiger partial charge on any atom is 0.121 e. The van der Waals surface area contributed by atoms with Gasteiger partial charge in [-0.1, -0.05) is 19.3 Å². The van der Waals surface area contributed by atoms with Gasteiger partial charge in [-0.3, -0.25) is 4.68 Å². The lowest BCUT2D eigenvalue weighted by Crippen LogP contribution is -2.14. The minimum absolute atomic E-state index is 0.768. The Hall–Kier alpha value is -0.990. The van der Waals surface area contributed by atoms with Crippen molar-refractivity contribution >= 4 is 5.82 Å². The summed E-state index contributed by atoms with van der Waals surface area (Å²) in [7, 11) is 1.89. The van der Waals surface area contributed by atoms with Crippen LogP contribution in [0.3, 0.4) is 0 Å². The maximum absolute atomic E-state index is 5.68. The Morgan fingerprint density at radius 3 is 2.83 bits per heavy atom. The quantitative estimate of drug-likeness (QED) is 0.718. The van der Waals surface area contributed by atoms with Crippen molar-refractivity contribution in [1.29, 1.82) is 0 Å². The fourth-order valence-corrected chi connectivity index (χ4v) is 1.64. The van der Waals surface area contributed by atoms with Crippen LogP contribution in [0.25, 0.3) is 0 Å². The van der Waals surface area contributed by atoms with Gasteiger partial charge in [0.25, 0.3) is 0 Å². The van der Waals surface area contributed by atoms with E-state index in [0.717, 1.165) is 23.9 Å². The minimum atomic E-state index is 0.768. The van der Waals surface area contributed by atoms with Crippen LogP contribution in [0.4, 0.5) is 5.82 Å². The van der Waals surface area contributed by atoms with Crippen molar-refractivity contribution in [2.24, 2.45) is 13.0 Å². The summed E-state index contributed by atoms with van der Waals surface area (Å²) in [5.41, 5.74) is 6.83. The number of anilines is 1. The smallest absolute Gasteiger partial charge is 0.121 e. The van der Waals surface area contributed by atoms with Gasteiger partial charge < -0.3 is 5.73 Å². The van der Waals surface area contributed by atoms with E-state index in [1.165, 1.54) is 19.3 Å². The molecule has 0 bridgehead atoms. The van der Waals surface area contributed by atoms with Crippen molar-refractivity contribution in [1.82, 2.24) is 9.78 Å². The second kappa shape index (κ2) is 2.81. The van der Waals surface area contributed by atoms with Crippen molar-refractivity contribution < 1.29 is 0 Å². The standard InChI is InChI=1S/C9H15N3/c1-12-9(10)6-8(11-12)5-7-3-2-4-7/h6-7H,2-5,10H2,1H3. The van der Waals surface area contributed by atoms with E-state index >= 15 is 0 Å². The lowest BCUT2D eigenvalue weighted by Gasteiger charge is -2.23. The molecule has 0 unspecified atom stereocenters. The average Bonchev–Trinajstić information content (AvgIpc) is 2.24. The summed E-state index contributed by atoms with van der Waals surface area (Å²) in [4.78, 5) is 0. The molecule has 0 radical (unpaired) electrons. The van der Waals surface area contributed by atoms with Crippen molar-refractivity contribution in [3.05, 3.63) is 11.8 Å². The first-order valence-corrected chi connectivity index (χ1v) is 4.54. The number of nitrogens with zero attached hydrogens (tertiary/aromatic N) is 2. The number of nitrogens with two attached hydrogens (primary N) is 1. The fourth-order valence-electron chi connectivity index (χ4n) is 1.64. The van der Waals surface area contributed by atoms with Crippen LogP contribution in [-0.4, -0.2) is 9.78 Å². The van der Waals surface area contributed by atoms with Gasteiger partial charge in [0.05, 0.1) is 5.69 Å². The Bertz CT molecular complexity index is 254. The molecule has 0 atom stereocenters. The van der Waals surface area contributed by atoms with Gasteiger partial charge in [0.15, 0.2) is 0 Å². The normalized spacial score (nSPS) is 17.8. The molecular formula is C9H15N3. The van der Waals surface area contributed by atoms with Gasteiger partial charge in [0.2, 0.25) is 0 Å². The molecule has 0 spiro atoms. The molecule has 0 aliphatic heterocycles. The molecule has 66 valence electrons. The summed E-state index contributed by atoms with van der Waals surface area (Å²) in [6, 6.07) is 1.98. The van der Waals surface area contributed by atoms with Gasteiger partial charge in [-0.2, -0.15) is 5.10 Å². The van der Waals surface area contributed by atoms with Crippen LogP contribution in [0.15, 0.2) is 6.07 Å². The highest BCUT2D eigenvalue weighted by molar-refractivity contribution is 5.30. The highest BCUT2D eigenvalue weighted by Crippen LogP contribution is 2.29. The second-order valence-electron chi connectivity index (χ2n) is 3.69. The first kappa shape index (κ1) is 7.65. The summed E-state index contributed by atoms with van der Waals surface area (Å²) in [5, 5.41) is 4.32. The number of hydrogen-bond donors (Lipinski definition) is 1. The van der Waals surface area contributed by atoms with E-state index in [4.69, 9.17) is 5.73 Å². The summed E-state index contributed by atoms with van der Waals surface area (Å²) >= 11 is 0. The van der Waals surface area contributed by atoms with E-state index in [2.05, 4.69) is 5.10 Å². The van der Waals surface area contributed by atoms with Gasteiger partial charge >= 0.3 is 0 Å². The third-order valence-electron chi connectivity index (χ3n) is 2.69. The Balaban J connectivity index is 2.02. The predicted molar refractivity (Wildman–Crippen MR) is 48.7 cm³/mol. The number of aromatic nitrogens is 2. The zero-order valence-corrected chi connectivity index (χ0v) is 7.45. The molecule has 1 fully saturated rings. The van der Waals surface area contributed by atoms with Gasteiger partial charge in [0, 0.05) is 13.1 Å². The Kier molecular flexibility index (Phi) is 1.79. The third kappa shape index (κ3) is 1.31. The molecule has 1 aliphatic carbocycles. The molecule has 12 heavy (non-hydrogen) atoms. The van der Waals surface area contributed by atoms with Crippen LogP contribution in [0.5, 0.6) is 0 Å². The molecule has 1 aromatic heterocycles. The number of aryl methyl sites for hydroxylation is 1. The fraction of sp³-hybridized carbons (Fsp3) is 0.667. The summed E-state index contributed by atoms with van der Waals surface area (Å²) in [5.74, 6) is 1.64. The molecule has 3 nitrogen and oxygen atoms in total. The topological polar surface area (TPSA) is 43.8 Å². The highest BCUT2D eigenvalue weighted by atomic mass is 15.3. The van der Waals surface area contributed by atoms with Crippen LogP contribution >= 0.6 is 0 Å². The van der Waals surface area contributed by atoms with Crippen molar-refractivity contribution in [3.63, 3.8) is 0 Å². The average molecular weight is 165 g/mol. The molecular weight excluding hydrogens is 150 g/mol. The SMILES string of the molecule is Cn1nc(CC2CCC2)cc1N. The minimum Gasteiger partial charge on any atom is -0.384 e. The van der Waals surface area contributed by atoms with Crippen LogP contribution in [-0.2, 0) is 13.5 Å². The van der Waals surface area contributed by atoms with Crippen LogP contribution in [0.2, 0.25) is 0 Å². The third-order valence-corrected chi connectivity index (χ3v) is 2.69. The molecule has 0 saturated heterocycles. The summed E-state index contributed by atoms with van der Waals surface area (Å²) < 4.78 is 1.74. The molecule has 1 aliphatic rings. The van der Waals surface area contributed by atoms with Gasteiger partial charge in [-0.05, 0) is 12.3 Å². The van der Waals surface area contributed by atoms with Crippen molar-refractivity contribution in [2.45, 2.75) is 25.7 Å². The maximum atomic E-state index is 5.68. The van der Waals surface area contributed by atoms with Crippen molar-refractivity contribution in [3.8, 4) is 0 Å². The Morgan fingerprint density at radius 2 is 2.42 bits per heavy atom. The molecule has 0 aromatic carbocycles. The molecule has 1 heterocycles. The molecule has 1 aromatic rings. The van der Waals surface area contributed by atoms with E-state index in [9.17, 15) is 0 Å². The molecule has 2 rings (SSSR count). The molecule has 2 N–H and O–H groups in total. The largest absolute Gasteiger partial charge is 0.384 e. The van der Waals surface area contributed by atoms with Crippen LogP contribution < -0.4 is 5.73 Å². The Labute approximate surface area is 72.6 Å². The Morgan fingerprint density at radius 1 is 1.67 bits per heavy atom. The number of nitrogen functional groups attached to an aromatic ring is 1. The summed E-state index contributed by atoms with van der Waals surface area (Å²) in [6.07, 6.45) is 5.25.